The molecule has 0 saturated heterocycles. The Balaban J connectivity index is 1.81. The van der Waals surface area contributed by atoms with Gasteiger partial charge in [0, 0.05) is 10.6 Å². The van der Waals surface area contributed by atoms with Gasteiger partial charge in [0.05, 0.1) is 9.96 Å². The van der Waals surface area contributed by atoms with Crippen molar-refractivity contribution in [1.29, 1.82) is 0 Å². The monoisotopic (exact) mass is 331 g/mol. The average molecular weight is 331 g/mol. The summed E-state index contributed by atoms with van der Waals surface area (Å²) in [5.74, 6) is -2.22. The number of benzene rings is 1. The summed E-state index contributed by atoms with van der Waals surface area (Å²) in [5.41, 5.74) is 0.611. The van der Waals surface area contributed by atoms with E-state index in [4.69, 9.17) is 0 Å². The van der Waals surface area contributed by atoms with Crippen LogP contribution in [0.4, 0.5) is 14.5 Å². The molecule has 2 rings (SSSR count). The second-order valence-corrected chi connectivity index (χ2v) is 6.96. The van der Waals surface area contributed by atoms with Crippen LogP contribution in [0.3, 0.4) is 0 Å². The molecule has 0 unspecified atom stereocenters. The zero-order valence-corrected chi connectivity index (χ0v) is 12.7. The lowest BCUT2D eigenvalue weighted by Gasteiger charge is -2.06. The first kappa shape index (κ1) is 15.3. The quantitative estimate of drug-likeness (QED) is 0.771. The van der Waals surface area contributed by atoms with Crippen molar-refractivity contribution in [3.63, 3.8) is 0 Å². The van der Waals surface area contributed by atoms with Gasteiger partial charge < -0.3 is 5.32 Å². The number of alkyl halides is 2. The third-order valence-electron chi connectivity index (χ3n) is 2.20. The Morgan fingerprint density at radius 1 is 1.25 bits per heavy atom. The molecule has 0 saturated carbocycles. The van der Waals surface area contributed by atoms with Crippen LogP contribution in [0.5, 0.6) is 0 Å². The number of carbonyl (C=O) groups is 1. The average Bonchev–Trinajstić information content (AvgIpc) is 2.91. The summed E-state index contributed by atoms with van der Waals surface area (Å²) in [6, 6.07) is 10.3. The van der Waals surface area contributed by atoms with Crippen molar-refractivity contribution in [3.05, 3.63) is 41.8 Å². The van der Waals surface area contributed by atoms with Crippen molar-refractivity contribution in [2.75, 3.05) is 11.1 Å². The molecule has 1 N–H and O–H groups in total. The summed E-state index contributed by atoms with van der Waals surface area (Å²) in [7, 11) is 0. The Labute approximate surface area is 128 Å². The minimum Gasteiger partial charge on any atom is -0.325 e. The smallest absolute Gasteiger partial charge is 0.288 e. The first-order valence-corrected chi connectivity index (χ1v) is 8.39. The number of nitrogens with one attached hydrogen (secondary N) is 1. The minimum atomic E-state index is -2.43. The number of thiophene rings is 1. The van der Waals surface area contributed by atoms with Gasteiger partial charge in [-0.25, -0.2) is 0 Å². The maximum absolute atomic E-state index is 12.2. The molecule has 2 nitrogen and oxygen atoms in total. The van der Waals surface area contributed by atoms with Crippen LogP contribution in [0.1, 0.15) is 0 Å². The van der Waals surface area contributed by atoms with Crippen LogP contribution < -0.4 is 5.32 Å². The van der Waals surface area contributed by atoms with Gasteiger partial charge in [-0.05, 0) is 35.7 Å². The van der Waals surface area contributed by atoms with Gasteiger partial charge in [-0.1, -0.05) is 17.8 Å². The van der Waals surface area contributed by atoms with E-state index >= 15 is 0 Å². The van der Waals surface area contributed by atoms with Gasteiger partial charge in [-0.3, -0.25) is 4.79 Å². The predicted molar refractivity (Wildman–Crippen MR) is 82.0 cm³/mol. The van der Waals surface area contributed by atoms with Gasteiger partial charge in [0.2, 0.25) is 5.91 Å². The third kappa shape index (κ3) is 5.15. The highest BCUT2D eigenvalue weighted by molar-refractivity contribution is 8.01. The summed E-state index contributed by atoms with van der Waals surface area (Å²) in [6.45, 7) is 0. The maximum atomic E-state index is 12.2. The van der Waals surface area contributed by atoms with E-state index < -0.39 is 5.76 Å². The van der Waals surface area contributed by atoms with E-state index in [1.54, 1.807) is 35.6 Å². The second kappa shape index (κ2) is 7.66. The Bertz CT molecular complexity index is 543. The van der Waals surface area contributed by atoms with Gasteiger partial charge in [0.25, 0.3) is 5.76 Å². The Kier molecular flexibility index (Phi) is 5.87. The molecule has 0 aliphatic rings. The summed E-state index contributed by atoms with van der Waals surface area (Å²) in [5, 5.41) is 4.69. The topological polar surface area (TPSA) is 29.1 Å². The van der Waals surface area contributed by atoms with Crippen LogP contribution >= 0.6 is 34.9 Å². The van der Waals surface area contributed by atoms with Gasteiger partial charge in [-0.2, -0.15) is 8.78 Å². The number of rotatable bonds is 6. The number of amides is 1. The lowest BCUT2D eigenvalue weighted by atomic mass is 10.3. The summed E-state index contributed by atoms with van der Waals surface area (Å²) >= 11 is 3.54. The Hall–Kier alpha value is -1.05. The molecular weight excluding hydrogens is 320 g/mol. The molecule has 0 atom stereocenters. The molecule has 0 aliphatic heterocycles. The normalized spacial score (nSPS) is 10.8. The fourth-order valence-corrected chi connectivity index (χ4v) is 3.48. The third-order valence-corrected chi connectivity index (χ3v) is 5.06. The van der Waals surface area contributed by atoms with Crippen LogP contribution in [0, 0.1) is 0 Å². The lowest BCUT2D eigenvalue weighted by Crippen LogP contribution is -2.13. The van der Waals surface area contributed by atoms with Crippen molar-refractivity contribution < 1.29 is 13.6 Å². The Morgan fingerprint density at radius 2 is 2.00 bits per heavy atom. The second-order valence-electron chi connectivity index (χ2n) is 3.67. The van der Waals surface area contributed by atoms with Crippen LogP contribution in [0.15, 0.2) is 50.9 Å². The molecule has 1 aromatic heterocycles. The SMILES string of the molecule is O=C(CSc1cccs1)Nc1ccc(SC(F)F)cc1. The van der Waals surface area contributed by atoms with E-state index in [-0.39, 0.29) is 5.91 Å². The first-order valence-electron chi connectivity index (χ1n) is 5.64. The van der Waals surface area contributed by atoms with Crippen molar-refractivity contribution in [1.82, 2.24) is 0 Å². The summed E-state index contributed by atoms with van der Waals surface area (Å²) < 4.78 is 25.4. The molecule has 106 valence electrons. The number of halogens is 2. The van der Waals surface area contributed by atoms with E-state index in [2.05, 4.69) is 5.32 Å². The molecule has 0 spiro atoms. The van der Waals surface area contributed by atoms with E-state index in [1.807, 2.05) is 17.5 Å². The van der Waals surface area contributed by atoms with E-state index in [1.165, 1.54) is 11.8 Å². The lowest BCUT2D eigenvalue weighted by molar-refractivity contribution is -0.113. The minimum absolute atomic E-state index is 0.113. The Morgan fingerprint density at radius 3 is 2.60 bits per heavy atom. The highest BCUT2D eigenvalue weighted by atomic mass is 32.2. The predicted octanol–water partition coefficient (Wildman–Crippen LogP) is 4.79. The molecule has 1 heterocycles. The first-order chi connectivity index (χ1) is 9.63. The summed E-state index contributed by atoms with van der Waals surface area (Å²) in [4.78, 5) is 12.2. The standard InChI is InChI=1S/C13H11F2NOS3/c14-13(15)20-10-5-3-9(4-6-10)16-11(17)8-19-12-2-1-7-18-12/h1-7,13H,8H2,(H,16,17). The fourth-order valence-electron chi connectivity index (χ4n) is 1.40. The number of thioether (sulfide) groups is 2. The van der Waals surface area contributed by atoms with Crippen molar-refractivity contribution >= 4 is 46.5 Å². The highest BCUT2D eigenvalue weighted by Gasteiger charge is 2.07. The fraction of sp³-hybridized carbons (Fsp3) is 0.154. The van der Waals surface area contributed by atoms with Crippen LogP contribution in [-0.4, -0.2) is 17.4 Å². The van der Waals surface area contributed by atoms with Crippen molar-refractivity contribution in [2.45, 2.75) is 14.9 Å². The van der Waals surface area contributed by atoms with Gasteiger partial charge in [-0.15, -0.1) is 23.1 Å². The molecule has 1 amide bonds. The van der Waals surface area contributed by atoms with Crippen LogP contribution in [0.2, 0.25) is 0 Å². The van der Waals surface area contributed by atoms with Crippen molar-refractivity contribution in [2.24, 2.45) is 0 Å². The largest absolute Gasteiger partial charge is 0.325 e. The number of hydrogen-bond donors (Lipinski definition) is 1. The number of anilines is 1. The molecule has 0 bridgehead atoms. The van der Waals surface area contributed by atoms with E-state index in [0.29, 0.717) is 28.1 Å². The van der Waals surface area contributed by atoms with Crippen LogP contribution in [0.25, 0.3) is 0 Å². The summed E-state index contributed by atoms with van der Waals surface area (Å²) in [6.07, 6.45) is 0. The molecule has 0 fully saturated rings. The van der Waals surface area contributed by atoms with Gasteiger partial charge in [0.15, 0.2) is 0 Å². The molecular formula is C13H11F2NOS3. The van der Waals surface area contributed by atoms with Gasteiger partial charge in [0.1, 0.15) is 0 Å². The highest BCUT2D eigenvalue weighted by Crippen LogP contribution is 2.26. The molecule has 2 aromatic rings. The molecule has 1 aromatic carbocycles. The molecule has 7 heteroatoms. The molecule has 20 heavy (non-hydrogen) atoms. The zero-order chi connectivity index (χ0) is 14.4. The zero-order valence-electron chi connectivity index (χ0n) is 10.2. The molecule has 0 radical (unpaired) electrons. The van der Waals surface area contributed by atoms with E-state index in [9.17, 15) is 13.6 Å². The number of carbonyl (C=O) groups excluding carboxylic acids is 1. The van der Waals surface area contributed by atoms with Gasteiger partial charge >= 0.3 is 0 Å². The maximum Gasteiger partial charge on any atom is 0.288 e. The van der Waals surface area contributed by atoms with E-state index in [0.717, 1.165) is 4.21 Å². The number of hydrogen-bond acceptors (Lipinski definition) is 4. The molecule has 0 aliphatic carbocycles. The van der Waals surface area contributed by atoms with Crippen LogP contribution in [-0.2, 0) is 4.79 Å². The van der Waals surface area contributed by atoms with Crippen molar-refractivity contribution in [3.8, 4) is 0 Å².